The first-order valence-corrected chi connectivity index (χ1v) is 6.03. The standard InChI is InChI=1S/C15H12F3NO2/c1-9-2-5-11(6-3-9)21-13-7-4-10(15(16,17)18)8-12(13)14(19)20/h2-8H,1H3,(H2,19,20). The third kappa shape index (κ3) is 3.53. The van der Waals surface area contributed by atoms with Crippen molar-refractivity contribution in [3.8, 4) is 11.5 Å². The van der Waals surface area contributed by atoms with E-state index in [1.165, 1.54) is 0 Å². The molecule has 0 saturated carbocycles. The molecule has 0 saturated heterocycles. The van der Waals surface area contributed by atoms with Crippen LogP contribution in [0.25, 0.3) is 0 Å². The minimum atomic E-state index is -4.55. The van der Waals surface area contributed by atoms with Gasteiger partial charge in [0, 0.05) is 0 Å². The highest BCUT2D eigenvalue weighted by Crippen LogP contribution is 2.34. The Morgan fingerprint density at radius 1 is 1.10 bits per heavy atom. The monoisotopic (exact) mass is 295 g/mol. The summed E-state index contributed by atoms with van der Waals surface area (Å²) < 4.78 is 43.3. The molecule has 0 aromatic heterocycles. The van der Waals surface area contributed by atoms with Crippen molar-refractivity contribution in [3.05, 3.63) is 59.2 Å². The van der Waals surface area contributed by atoms with Gasteiger partial charge in [0.1, 0.15) is 11.5 Å². The fourth-order valence-electron chi connectivity index (χ4n) is 1.72. The number of rotatable bonds is 3. The van der Waals surface area contributed by atoms with E-state index in [1.807, 2.05) is 6.92 Å². The highest BCUT2D eigenvalue weighted by Gasteiger charge is 2.31. The van der Waals surface area contributed by atoms with Crippen molar-refractivity contribution in [3.63, 3.8) is 0 Å². The summed E-state index contributed by atoms with van der Waals surface area (Å²) in [7, 11) is 0. The van der Waals surface area contributed by atoms with Crippen molar-refractivity contribution in [2.45, 2.75) is 13.1 Å². The summed E-state index contributed by atoms with van der Waals surface area (Å²) in [5.74, 6) is -0.592. The Morgan fingerprint density at radius 3 is 2.24 bits per heavy atom. The first kappa shape index (κ1) is 14.9. The molecule has 2 N–H and O–H groups in total. The molecule has 2 rings (SSSR count). The van der Waals surface area contributed by atoms with Gasteiger partial charge in [-0.15, -0.1) is 0 Å². The van der Waals surface area contributed by atoms with Crippen molar-refractivity contribution in [1.29, 1.82) is 0 Å². The topological polar surface area (TPSA) is 52.3 Å². The molecule has 0 bridgehead atoms. The quantitative estimate of drug-likeness (QED) is 0.933. The lowest BCUT2D eigenvalue weighted by Gasteiger charge is -2.12. The molecule has 0 unspecified atom stereocenters. The van der Waals surface area contributed by atoms with Crippen LogP contribution < -0.4 is 10.5 Å². The van der Waals surface area contributed by atoms with Gasteiger partial charge in [-0.1, -0.05) is 17.7 Å². The van der Waals surface area contributed by atoms with Crippen LogP contribution in [0.1, 0.15) is 21.5 Å². The molecular formula is C15H12F3NO2. The van der Waals surface area contributed by atoms with Gasteiger partial charge < -0.3 is 10.5 Å². The number of carbonyl (C=O) groups excluding carboxylic acids is 1. The Balaban J connectivity index is 2.39. The Morgan fingerprint density at radius 2 is 1.71 bits per heavy atom. The summed E-state index contributed by atoms with van der Waals surface area (Å²) in [6.45, 7) is 1.89. The number of hydrogen-bond donors (Lipinski definition) is 1. The molecule has 2 aromatic carbocycles. The smallest absolute Gasteiger partial charge is 0.416 e. The SMILES string of the molecule is Cc1ccc(Oc2ccc(C(F)(F)F)cc2C(N)=O)cc1. The van der Waals surface area contributed by atoms with Crippen molar-refractivity contribution < 1.29 is 22.7 Å². The predicted octanol–water partition coefficient (Wildman–Crippen LogP) is 3.91. The van der Waals surface area contributed by atoms with E-state index >= 15 is 0 Å². The van der Waals surface area contributed by atoms with Crippen molar-refractivity contribution >= 4 is 5.91 Å². The second kappa shape index (κ2) is 5.47. The van der Waals surface area contributed by atoms with Crippen molar-refractivity contribution in [2.75, 3.05) is 0 Å². The first-order chi connectivity index (χ1) is 9.77. The van der Waals surface area contributed by atoms with E-state index in [0.717, 1.165) is 17.7 Å². The van der Waals surface area contributed by atoms with Gasteiger partial charge in [0.15, 0.2) is 0 Å². The molecule has 1 amide bonds. The van der Waals surface area contributed by atoms with Gasteiger partial charge >= 0.3 is 6.18 Å². The number of amides is 1. The fourth-order valence-corrected chi connectivity index (χ4v) is 1.72. The minimum absolute atomic E-state index is 0.0145. The highest BCUT2D eigenvalue weighted by atomic mass is 19.4. The predicted molar refractivity (Wildman–Crippen MR) is 71.2 cm³/mol. The molecule has 3 nitrogen and oxygen atoms in total. The number of primary amides is 1. The zero-order chi connectivity index (χ0) is 15.6. The highest BCUT2D eigenvalue weighted by molar-refractivity contribution is 5.96. The zero-order valence-corrected chi connectivity index (χ0v) is 11.1. The second-order valence-corrected chi connectivity index (χ2v) is 4.49. The van der Waals surface area contributed by atoms with Gasteiger partial charge in [-0.05, 0) is 37.3 Å². The molecule has 0 spiro atoms. The van der Waals surface area contributed by atoms with Crippen LogP contribution >= 0.6 is 0 Å². The summed E-state index contributed by atoms with van der Waals surface area (Å²) >= 11 is 0. The minimum Gasteiger partial charge on any atom is -0.457 e. The van der Waals surface area contributed by atoms with E-state index in [9.17, 15) is 18.0 Å². The average molecular weight is 295 g/mol. The van der Waals surface area contributed by atoms with Crippen molar-refractivity contribution in [1.82, 2.24) is 0 Å². The third-order valence-corrected chi connectivity index (χ3v) is 2.82. The number of alkyl halides is 3. The molecule has 0 aliphatic heterocycles. The summed E-state index contributed by atoms with van der Waals surface area (Å²) in [5, 5.41) is 0. The number of aryl methyl sites for hydroxylation is 1. The molecule has 2 aromatic rings. The first-order valence-electron chi connectivity index (χ1n) is 6.03. The Bertz CT molecular complexity index is 664. The number of hydrogen-bond acceptors (Lipinski definition) is 2. The maximum absolute atomic E-state index is 12.6. The third-order valence-electron chi connectivity index (χ3n) is 2.82. The summed E-state index contributed by atoms with van der Waals surface area (Å²) in [6.07, 6.45) is -4.55. The number of halogens is 3. The van der Waals surface area contributed by atoms with Crippen LogP contribution in [0.4, 0.5) is 13.2 Å². The van der Waals surface area contributed by atoms with Gasteiger partial charge in [-0.2, -0.15) is 13.2 Å². The summed E-state index contributed by atoms with van der Waals surface area (Å²) in [4.78, 5) is 11.3. The molecule has 21 heavy (non-hydrogen) atoms. The number of carbonyl (C=O) groups is 1. The number of nitrogens with two attached hydrogens (primary N) is 1. The molecule has 110 valence electrons. The van der Waals surface area contributed by atoms with Gasteiger partial charge in [-0.25, -0.2) is 0 Å². The second-order valence-electron chi connectivity index (χ2n) is 4.49. The van der Waals surface area contributed by atoms with Crippen LogP contribution in [0.3, 0.4) is 0 Å². The van der Waals surface area contributed by atoms with Crippen LogP contribution in [0.5, 0.6) is 11.5 Å². The van der Waals surface area contributed by atoms with E-state index in [-0.39, 0.29) is 11.3 Å². The van der Waals surface area contributed by atoms with E-state index in [4.69, 9.17) is 10.5 Å². The molecule has 0 aliphatic rings. The normalized spacial score (nSPS) is 11.2. The van der Waals surface area contributed by atoms with E-state index in [0.29, 0.717) is 11.8 Å². The molecule has 0 fully saturated rings. The van der Waals surface area contributed by atoms with Gasteiger partial charge in [0.05, 0.1) is 11.1 Å². The van der Waals surface area contributed by atoms with Crippen molar-refractivity contribution in [2.24, 2.45) is 5.73 Å². The molecule has 0 atom stereocenters. The van der Waals surface area contributed by atoms with Gasteiger partial charge in [-0.3, -0.25) is 4.79 Å². The zero-order valence-electron chi connectivity index (χ0n) is 11.1. The number of benzene rings is 2. The van der Waals surface area contributed by atoms with Crippen LogP contribution in [0, 0.1) is 6.92 Å². The molecule has 0 aliphatic carbocycles. The molecular weight excluding hydrogens is 283 g/mol. The van der Waals surface area contributed by atoms with E-state index < -0.39 is 17.6 Å². The molecule has 0 heterocycles. The van der Waals surface area contributed by atoms with Crippen LogP contribution in [-0.2, 0) is 6.18 Å². The largest absolute Gasteiger partial charge is 0.457 e. The number of ether oxygens (including phenoxy) is 1. The summed E-state index contributed by atoms with van der Waals surface area (Å²) in [6, 6.07) is 9.48. The van der Waals surface area contributed by atoms with Crippen LogP contribution in [0.2, 0.25) is 0 Å². The lowest BCUT2D eigenvalue weighted by Crippen LogP contribution is -2.14. The van der Waals surface area contributed by atoms with Crippen LogP contribution in [0.15, 0.2) is 42.5 Å². The summed E-state index contributed by atoms with van der Waals surface area (Å²) in [5.41, 5.74) is 4.86. The average Bonchev–Trinajstić information content (AvgIpc) is 2.40. The van der Waals surface area contributed by atoms with Gasteiger partial charge in [0.25, 0.3) is 5.91 Å². The van der Waals surface area contributed by atoms with E-state index in [1.54, 1.807) is 24.3 Å². The Labute approximate surface area is 119 Å². The lowest BCUT2D eigenvalue weighted by atomic mass is 10.1. The van der Waals surface area contributed by atoms with E-state index in [2.05, 4.69) is 0 Å². The molecule has 6 heteroatoms. The lowest BCUT2D eigenvalue weighted by molar-refractivity contribution is -0.137. The van der Waals surface area contributed by atoms with Gasteiger partial charge in [0.2, 0.25) is 0 Å². The maximum atomic E-state index is 12.6. The molecule has 0 radical (unpaired) electrons. The fraction of sp³-hybridized carbons (Fsp3) is 0.133. The Hall–Kier alpha value is -2.50. The van der Waals surface area contributed by atoms with Crippen LogP contribution in [-0.4, -0.2) is 5.91 Å². The maximum Gasteiger partial charge on any atom is 0.416 e. The Kier molecular flexibility index (Phi) is 3.88.